The van der Waals surface area contributed by atoms with Crippen LogP contribution in [-0.4, -0.2) is 29.4 Å². The number of nitrogens with one attached hydrogen (secondary N) is 1. The molecule has 7 heteroatoms. The van der Waals surface area contributed by atoms with Crippen molar-refractivity contribution < 1.29 is 0 Å². The Labute approximate surface area is 150 Å². The molecule has 0 aliphatic heterocycles. The first-order valence-corrected chi connectivity index (χ1v) is 8.54. The van der Waals surface area contributed by atoms with Gasteiger partial charge in [0.1, 0.15) is 5.65 Å². The summed E-state index contributed by atoms with van der Waals surface area (Å²) in [4.78, 5) is 20.5. The van der Waals surface area contributed by atoms with Gasteiger partial charge in [0.2, 0.25) is 0 Å². The van der Waals surface area contributed by atoms with Gasteiger partial charge in [-0.25, -0.2) is 9.67 Å². The van der Waals surface area contributed by atoms with E-state index in [-0.39, 0.29) is 11.5 Å². The number of fused-ring (bicyclic) bond motifs is 1. The summed E-state index contributed by atoms with van der Waals surface area (Å²) in [6, 6.07) is 3.91. The maximum Gasteiger partial charge on any atom is 0.278 e. The van der Waals surface area contributed by atoms with Crippen molar-refractivity contribution in [3.8, 4) is 16.9 Å². The van der Waals surface area contributed by atoms with Crippen LogP contribution in [0.25, 0.3) is 22.6 Å². The Balaban J connectivity index is 1.83. The number of aromatic amines is 1. The number of aromatic nitrogens is 6. The van der Waals surface area contributed by atoms with E-state index < -0.39 is 0 Å². The van der Waals surface area contributed by atoms with Crippen LogP contribution in [0.15, 0.2) is 41.7 Å². The van der Waals surface area contributed by atoms with Gasteiger partial charge in [0.25, 0.3) is 5.56 Å². The Morgan fingerprint density at radius 3 is 2.58 bits per heavy atom. The lowest BCUT2D eigenvalue weighted by atomic mass is 10.0. The van der Waals surface area contributed by atoms with Crippen molar-refractivity contribution in [1.82, 2.24) is 29.4 Å². The summed E-state index contributed by atoms with van der Waals surface area (Å²) < 4.78 is 3.14. The number of hydrogen-bond acceptors (Lipinski definition) is 4. The lowest BCUT2D eigenvalue weighted by molar-refractivity contribution is 0.780. The Morgan fingerprint density at radius 2 is 1.88 bits per heavy atom. The zero-order valence-corrected chi connectivity index (χ0v) is 15.2. The summed E-state index contributed by atoms with van der Waals surface area (Å²) in [5, 5.41) is 8.69. The van der Waals surface area contributed by atoms with Gasteiger partial charge >= 0.3 is 0 Å². The van der Waals surface area contributed by atoms with Gasteiger partial charge in [-0.05, 0) is 31.4 Å². The molecule has 7 nitrogen and oxygen atoms in total. The minimum Gasteiger partial charge on any atom is -0.343 e. The van der Waals surface area contributed by atoms with Crippen LogP contribution in [-0.2, 0) is 0 Å². The topological polar surface area (TPSA) is 80.9 Å². The van der Waals surface area contributed by atoms with E-state index in [1.807, 2.05) is 46.0 Å². The molecule has 26 heavy (non-hydrogen) atoms. The molecule has 4 aromatic heterocycles. The minimum absolute atomic E-state index is 0.0786. The van der Waals surface area contributed by atoms with Crippen LogP contribution in [0, 0.1) is 13.8 Å². The van der Waals surface area contributed by atoms with Crippen LogP contribution < -0.4 is 5.56 Å². The van der Waals surface area contributed by atoms with Crippen LogP contribution in [0.4, 0.5) is 0 Å². The number of nitrogens with zero attached hydrogens (tertiary/aromatic N) is 5. The third-order valence-corrected chi connectivity index (χ3v) is 4.50. The SMILES string of the molecule is Cc1ccc(-n2cc(-c3cnn4c(=O)c(C(C)C)c(C)[nH]c34)cn2)nc1. The van der Waals surface area contributed by atoms with Gasteiger partial charge < -0.3 is 4.98 Å². The van der Waals surface area contributed by atoms with Crippen LogP contribution in [0.1, 0.15) is 36.6 Å². The quantitative estimate of drug-likeness (QED) is 0.617. The zero-order chi connectivity index (χ0) is 18.4. The van der Waals surface area contributed by atoms with E-state index in [1.165, 1.54) is 4.52 Å². The van der Waals surface area contributed by atoms with E-state index in [2.05, 4.69) is 20.2 Å². The van der Waals surface area contributed by atoms with Gasteiger partial charge in [0, 0.05) is 34.8 Å². The maximum atomic E-state index is 12.7. The second kappa shape index (κ2) is 5.94. The fraction of sp³-hybridized carbons (Fsp3) is 0.263. The molecule has 0 spiro atoms. The van der Waals surface area contributed by atoms with Gasteiger partial charge in [-0.15, -0.1) is 0 Å². The van der Waals surface area contributed by atoms with Crippen LogP contribution in [0.2, 0.25) is 0 Å². The van der Waals surface area contributed by atoms with Crippen LogP contribution in [0.3, 0.4) is 0 Å². The van der Waals surface area contributed by atoms with Gasteiger partial charge in [-0.1, -0.05) is 19.9 Å². The molecule has 0 saturated heterocycles. The van der Waals surface area contributed by atoms with Crippen molar-refractivity contribution in [3.63, 3.8) is 0 Å². The number of rotatable bonds is 3. The summed E-state index contributed by atoms with van der Waals surface area (Å²) in [6.07, 6.45) is 7.14. The Kier molecular flexibility index (Phi) is 3.72. The van der Waals surface area contributed by atoms with Crippen molar-refractivity contribution in [2.75, 3.05) is 0 Å². The van der Waals surface area contributed by atoms with E-state index in [0.717, 1.165) is 33.8 Å². The van der Waals surface area contributed by atoms with Gasteiger partial charge in [0.15, 0.2) is 5.82 Å². The predicted octanol–water partition coefficient (Wildman–Crippen LogP) is 3.01. The molecular formula is C19H20N6O. The number of H-pyrrole nitrogens is 1. The summed E-state index contributed by atoms with van der Waals surface area (Å²) in [5.74, 6) is 0.872. The fourth-order valence-electron chi connectivity index (χ4n) is 3.22. The maximum absolute atomic E-state index is 12.7. The largest absolute Gasteiger partial charge is 0.343 e. The molecule has 0 amide bonds. The van der Waals surface area contributed by atoms with Crippen molar-refractivity contribution >= 4 is 5.65 Å². The lowest BCUT2D eigenvalue weighted by Crippen LogP contribution is -2.22. The first-order valence-electron chi connectivity index (χ1n) is 8.54. The van der Waals surface area contributed by atoms with E-state index >= 15 is 0 Å². The molecular weight excluding hydrogens is 328 g/mol. The molecule has 0 unspecified atom stereocenters. The Bertz CT molecular complexity index is 1150. The molecule has 132 valence electrons. The van der Waals surface area contributed by atoms with Gasteiger partial charge in [-0.2, -0.15) is 14.7 Å². The average molecular weight is 348 g/mol. The highest BCUT2D eigenvalue weighted by Gasteiger charge is 2.17. The zero-order valence-electron chi connectivity index (χ0n) is 15.2. The summed E-state index contributed by atoms with van der Waals surface area (Å²) in [5.41, 5.74) is 5.02. The molecule has 0 atom stereocenters. The third-order valence-electron chi connectivity index (χ3n) is 4.50. The summed E-state index contributed by atoms with van der Waals surface area (Å²) in [6.45, 7) is 7.93. The summed E-state index contributed by atoms with van der Waals surface area (Å²) >= 11 is 0. The van der Waals surface area contributed by atoms with E-state index in [9.17, 15) is 4.79 Å². The van der Waals surface area contributed by atoms with Crippen molar-refractivity contribution in [2.45, 2.75) is 33.6 Å². The van der Waals surface area contributed by atoms with E-state index in [4.69, 9.17) is 0 Å². The normalized spacial score (nSPS) is 11.6. The smallest absolute Gasteiger partial charge is 0.278 e. The number of hydrogen-bond donors (Lipinski definition) is 1. The lowest BCUT2D eigenvalue weighted by Gasteiger charge is -2.09. The highest BCUT2D eigenvalue weighted by Crippen LogP contribution is 2.24. The Hall–Kier alpha value is -3.22. The van der Waals surface area contributed by atoms with E-state index in [1.54, 1.807) is 23.3 Å². The molecule has 0 aliphatic carbocycles. The highest BCUT2D eigenvalue weighted by atomic mass is 16.1. The first kappa shape index (κ1) is 16.3. The second-order valence-electron chi connectivity index (χ2n) is 6.81. The standard InChI is InChI=1S/C19H20N6O/c1-11(2)17-13(4)23-18-15(9-22-25(18)19(17)26)14-8-21-24(10-14)16-6-5-12(3)7-20-16/h5-11,23H,1-4H3. The van der Waals surface area contributed by atoms with Gasteiger partial charge in [0.05, 0.1) is 12.4 Å². The van der Waals surface area contributed by atoms with Gasteiger partial charge in [-0.3, -0.25) is 4.79 Å². The molecule has 4 rings (SSSR count). The van der Waals surface area contributed by atoms with Crippen molar-refractivity contribution in [3.05, 3.63) is 64.1 Å². The monoisotopic (exact) mass is 348 g/mol. The average Bonchev–Trinajstić information content (AvgIpc) is 3.22. The minimum atomic E-state index is -0.0786. The molecule has 4 aromatic rings. The van der Waals surface area contributed by atoms with E-state index in [0.29, 0.717) is 5.65 Å². The van der Waals surface area contributed by atoms with Crippen LogP contribution in [0.5, 0.6) is 0 Å². The predicted molar refractivity (Wildman–Crippen MR) is 99.7 cm³/mol. The fourth-order valence-corrected chi connectivity index (χ4v) is 3.22. The molecule has 0 fully saturated rings. The Morgan fingerprint density at radius 1 is 1.08 bits per heavy atom. The first-order chi connectivity index (χ1) is 12.5. The summed E-state index contributed by atoms with van der Waals surface area (Å²) in [7, 11) is 0. The van der Waals surface area contributed by atoms with Crippen LogP contribution >= 0.6 is 0 Å². The van der Waals surface area contributed by atoms with Crippen molar-refractivity contribution in [2.24, 2.45) is 0 Å². The van der Waals surface area contributed by atoms with Crippen molar-refractivity contribution in [1.29, 1.82) is 0 Å². The molecule has 4 heterocycles. The molecule has 0 aliphatic rings. The molecule has 0 bridgehead atoms. The molecule has 0 aromatic carbocycles. The molecule has 0 saturated carbocycles. The third kappa shape index (κ3) is 2.52. The number of pyridine rings is 1. The molecule has 0 radical (unpaired) electrons. The second-order valence-corrected chi connectivity index (χ2v) is 6.81. The molecule has 1 N–H and O–H groups in total. The number of aryl methyl sites for hydroxylation is 2. The highest BCUT2D eigenvalue weighted by molar-refractivity contribution is 5.76.